The number of carbonyl (C=O) groups is 1. The molecule has 0 aliphatic rings. The van der Waals surface area contributed by atoms with Gasteiger partial charge in [0.25, 0.3) is 11.7 Å². The minimum absolute atomic E-state index is 0.150. The zero-order chi connectivity index (χ0) is 15.8. The van der Waals surface area contributed by atoms with Crippen molar-refractivity contribution in [1.82, 2.24) is 10.6 Å². The third kappa shape index (κ3) is 5.53. The molecule has 0 saturated heterocycles. The van der Waals surface area contributed by atoms with Crippen molar-refractivity contribution < 1.29 is 22.4 Å². The molecular weight excluding hydrogens is 314 g/mol. The number of nitrogens with one attached hydrogen (secondary N) is 2. The predicted molar refractivity (Wildman–Crippen MR) is 78.8 cm³/mol. The molecule has 5 nitrogen and oxygen atoms in total. The van der Waals surface area contributed by atoms with Crippen LogP contribution >= 0.6 is 11.8 Å². The molecule has 2 aromatic heterocycles. The first-order valence-electron chi connectivity index (χ1n) is 6.65. The second-order valence-electron chi connectivity index (χ2n) is 4.35. The Bertz CT molecular complexity index is 572. The minimum atomic E-state index is -2.40. The van der Waals surface area contributed by atoms with Crippen LogP contribution in [0.3, 0.4) is 0 Å². The van der Waals surface area contributed by atoms with Crippen LogP contribution in [0.4, 0.5) is 8.78 Å². The Labute approximate surface area is 130 Å². The number of hydrogen-bond donors (Lipinski definition) is 2. The van der Waals surface area contributed by atoms with E-state index in [4.69, 9.17) is 8.83 Å². The number of hydrogen-bond acceptors (Lipinski definition) is 5. The quantitative estimate of drug-likeness (QED) is 0.692. The van der Waals surface area contributed by atoms with Gasteiger partial charge in [0, 0.05) is 13.1 Å². The topological polar surface area (TPSA) is 67.4 Å². The smallest absolute Gasteiger partial charge is 0.287 e. The number of rotatable bonds is 9. The van der Waals surface area contributed by atoms with Crippen LogP contribution in [0, 0.1) is 0 Å². The van der Waals surface area contributed by atoms with Gasteiger partial charge in [0.2, 0.25) is 0 Å². The van der Waals surface area contributed by atoms with Crippen LogP contribution in [0.15, 0.2) is 39.4 Å². The first-order chi connectivity index (χ1) is 10.6. The standard InChI is InChI=1S/C14H16F2N2O3S/c15-14(16)22-9-11-4-3-10(21-11)8-17-5-6-18-13(19)12-2-1-7-20-12/h1-4,7,14,17H,5-6,8-9H2,(H,18,19). The summed E-state index contributed by atoms with van der Waals surface area (Å²) in [7, 11) is 0. The number of thioether (sulfide) groups is 1. The van der Waals surface area contributed by atoms with Gasteiger partial charge in [-0.05, 0) is 24.3 Å². The van der Waals surface area contributed by atoms with Gasteiger partial charge in [0.1, 0.15) is 11.5 Å². The molecule has 2 aromatic rings. The van der Waals surface area contributed by atoms with Crippen molar-refractivity contribution in [1.29, 1.82) is 0 Å². The summed E-state index contributed by atoms with van der Waals surface area (Å²) in [6, 6.07) is 6.67. The minimum Gasteiger partial charge on any atom is -0.464 e. The molecule has 0 spiro atoms. The van der Waals surface area contributed by atoms with E-state index < -0.39 is 5.76 Å². The average Bonchev–Trinajstić information content (AvgIpc) is 3.16. The SMILES string of the molecule is O=C(NCCNCc1ccc(CSC(F)F)o1)c1ccco1. The van der Waals surface area contributed by atoms with Crippen LogP contribution in [0.1, 0.15) is 22.1 Å². The number of amides is 1. The fraction of sp³-hybridized carbons (Fsp3) is 0.357. The molecule has 0 bridgehead atoms. The molecule has 2 heterocycles. The van der Waals surface area contributed by atoms with Crippen LogP contribution in [0.2, 0.25) is 0 Å². The highest BCUT2D eigenvalue weighted by Gasteiger charge is 2.08. The van der Waals surface area contributed by atoms with Crippen LogP contribution in [-0.4, -0.2) is 24.8 Å². The van der Waals surface area contributed by atoms with Crippen LogP contribution in [0.25, 0.3) is 0 Å². The molecule has 8 heteroatoms. The Morgan fingerprint density at radius 2 is 2.05 bits per heavy atom. The number of halogens is 2. The molecule has 0 fully saturated rings. The molecule has 0 radical (unpaired) electrons. The average molecular weight is 330 g/mol. The van der Waals surface area contributed by atoms with Gasteiger partial charge in [-0.3, -0.25) is 4.79 Å². The van der Waals surface area contributed by atoms with Gasteiger partial charge in [-0.15, -0.1) is 0 Å². The number of furan rings is 2. The van der Waals surface area contributed by atoms with Crippen LogP contribution in [-0.2, 0) is 12.3 Å². The third-order valence-corrected chi connectivity index (χ3v) is 3.40. The molecule has 120 valence electrons. The van der Waals surface area contributed by atoms with E-state index in [9.17, 15) is 13.6 Å². The normalized spacial score (nSPS) is 11.0. The van der Waals surface area contributed by atoms with Gasteiger partial charge < -0.3 is 19.5 Å². The molecule has 0 atom stereocenters. The van der Waals surface area contributed by atoms with Crippen LogP contribution < -0.4 is 10.6 Å². The number of alkyl halides is 2. The van der Waals surface area contributed by atoms with Crippen molar-refractivity contribution in [2.75, 3.05) is 13.1 Å². The number of carbonyl (C=O) groups excluding carboxylic acids is 1. The molecule has 0 saturated carbocycles. The monoisotopic (exact) mass is 330 g/mol. The van der Waals surface area contributed by atoms with Crippen molar-refractivity contribution in [3.63, 3.8) is 0 Å². The summed E-state index contributed by atoms with van der Waals surface area (Å²) >= 11 is 0.528. The fourth-order valence-corrected chi connectivity index (χ4v) is 2.16. The molecule has 0 aliphatic heterocycles. The first-order valence-corrected chi connectivity index (χ1v) is 7.70. The molecule has 1 amide bonds. The van der Waals surface area contributed by atoms with E-state index in [2.05, 4.69) is 10.6 Å². The summed E-state index contributed by atoms with van der Waals surface area (Å²) in [5, 5.41) is 5.78. The Hall–Kier alpha value is -1.80. The summed E-state index contributed by atoms with van der Waals surface area (Å²) < 4.78 is 34.5. The summed E-state index contributed by atoms with van der Waals surface area (Å²) in [6.07, 6.45) is 1.44. The summed E-state index contributed by atoms with van der Waals surface area (Å²) in [6.45, 7) is 1.46. The molecule has 0 aliphatic carbocycles. The summed E-state index contributed by atoms with van der Waals surface area (Å²) in [4.78, 5) is 11.6. The maximum absolute atomic E-state index is 12.0. The highest BCUT2D eigenvalue weighted by atomic mass is 32.2. The second kappa shape index (κ2) is 8.60. The maximum atomic E-state index is 12.0. The van der Waals surface area contributed by atoms with Gasteiger partial charge in [-0.2, -0.15) is 8.78 Å². The highest BCUT2D eigenvalue weighted by molar-refractivity contribution is 7.98. The maximum Gasteiger partial charge on any atom is 0.287 e. The molecule has 2 N–H and O–H groups in total. The Balaban J connectivity index is 1.59. The summed E-state index contributed by atoms with van der Waals surface area (Å²) in [5.74, 6) is -1.06. The summed E-state index contributed by atoms with van der Waals surface area (Å²) in [5.41, 5.74) is 0. The highest BCUT2D eigenvalue weighted by Crippen LogP contribution is 2.21. The predicted octanol–water partition coefficient (Wildman–Crippen LogP) is 2.85. The molecule has 22 heavy (non-hydrogen) atoms. The zero-order valence-corrected chi connectivity index (χ0v) is 12.5. The van der Waals surface area contributed by atoms with Crippen LogP contribution in [0.5, 0.6) is 0 Å². The van der Waals surface area contributed by atoms with E-state index in [-0.39, 0.29) is 17.4 Å². The van der Waals surface area contributed by atoms with E-state index in [0.717, 1.165) is 0 Å². The molecule has 0 aromatic carbocycles. The Morgan fingerprint density at radius 3 is 2.77 bits per heavy atom. The molecule has 2 rings (SSSR count). The van der Waals surface area contributed by atoms with Gasteiger partial charge in [-0.25, -0.2) is 0 Å². The van der Waals surface area contributed by atoms with Crippen molar-refractivity contribution in [3.8, 4) is 0 Å². The van der Waals surface area contributed by atoms with Crippen molar-refractivity contribution in [2.45, 2.75) is 18.1 Å². The largest absolute Gasteiger partial charge is 0.464 e. The van der Waals surface area contributed by atoms with E-state index in [1.807, 2.05) is 0 Å². The lowest BCUT2D eigenvalue weighted by Gasteiger charge is -2.04. The van der Waals surface area contributed by atoms with Gasteiger partial charge >= 0.3 is 0 Å². The van der Waals surface area contributed by atoms with E-state index in [1.54, 1.807) is 24.3 Å². The molecule has 0 unspecified atom stereocenters. The third-order valence-electron chi connectivity index (χ3n) is 2.70. The van der Waals surface area contributed by atoms with Crippen molar-refractivity contribution in [2.24, 2.45) is 0 Å². The Morgan fingerprint density at radius 1 is 1.23 bits per heavy atom. The zero-order valence-electron chi connectivity index (χ0n) is 11.7. The second-order valence-corrected chi connectivity index (χ2v) is 5.33. The van der Waals surface area contributed by atoms with E-state index in [0.29, 0.717) is 42.9 Å². The van der Waals surface area contributed by atoms with Gasteiger partial charge in [-0.1, -0.05) is 11.8 Å². The lowest BCUT2D eigenvalue weighted by atomic mass is 10.4. The lowest BCUT2D eigenvalue weighted by molar-refractivity contribution is 0.0926. The lowest BCUT2D eigenvalue weighted by Crippen LogP contribution is -2.31. The van der Waals surface area contributed by atoms with Gasteiger partial charge in [0.05, 0.1) is 18.6 Å². The Kier molecular flexibility index (Phi) is 6.47. The van der Waals surface area contributed by atoms with Crippen molar-refractivity contribution in [3.05, 3.63) is 47.8 Å². The van der Waals surface area contributed by atoms with E-state index in [1.165, 1.54) is 6.26 Å². The molecular formula is C14H16F2N2O3S. The fourth-order valence-electron chi connectivity index (χ4n) is 1.71. The van der Waals surface area contributed by atoms with Gasteiger partial charge in [0.15, 0.2) is 5.76 Å². The van der Waals surface area contributed by atoms with E-state index >= 15 is 0 Å². The van der Waals surface area contributed by atoms with Crippen molar-refractivity contribution >= 4 is 17.7 Å². The first kappa shape index (κ1) is 16.6.